The molecule has 0 aliphatic heterocycles. The van der Waals surface area contributed by atoms with Gasteiger partial charge in [0.05, 0.1) is 12.1 Å². The molecule has 1 N–H and O–H groups in total. The molecule has 4 aromatic rings. The topological polar surface area (TPSA) is 59.9 Å². The minimum absolute atomic E-state index is 0.668. The van der Waals surface area contributed by atoms with Crippen LogP contribution in [0, 0.1) is 0 Å². The Labute approximate surface area is 158 Å². The van der Waals surface area contributed by atoms with Crippen LogP contribution >= 0.6 is 0 Å². The van der Waals surface area contributed by atoms with Gasteiger partial charge >= 0.3 is 0 Å². The van der Waals surface area contributed by atoms with Crippen molar-refractivity contribution in [1.29, 1.82) is 0 Å². The van der Waals surface area contributed by atoms with Crippen LogP contribution in [0.1, 0.15) is 13.3 Å². The van der Waals surface area contributed by atoms with Crippen LogP contribution in [0.25, 0.3) is 22.3 Å². The SMILES string of the molecule is CCCOc1ccc(Nc2nc(-c3ccncc3)nc3ccccc23)cc1. The van der Waals surface area contributed by atoms with Gasteiger partial charge in [0.25, 0.3) is 0 Å². The fourth-order valence-corrected chi connectivity index (χ4v) is 2.79. The molecule has 4 rings (SSSR count). The van der Waals surface area contributed by atoms with Crippen LogP contribution in [0.5, 0.6) is 5.75 Å². The minimum Gasteiger partial charge on any atom is -0.494 e. The van der Waals surface area contributed by atoms with Crippen molar-refractivity contribution >= 4 is 22.4 Å². The number of anilines is 2. The zero-order valence-electron chi connectivity index (χ0n) is 15.1. The second kappa shape index (κ2) is 7.83. The molecule has 134 valence electrons. The van der Waals surface area contributed by atoms with Crippen LogP contribution in [-0.2, 0) is 0 Å². The maximum atomic E-state index is 5.65. The van der Waals surface area contributed by atoms with Crippen LogP contribution in [0.2, 0.25) is 0 Å². The van der Waals surface area contributed by atoms with Crippen LogP contribution in [0.3, 0.4) is 0 Å². The Morgan fingerprint density at radius 2 is 1.67 bits per heavy atom. The molecular formula is C22H20N4O. The fourth-order valence-electron chi connectivity index (χ4n) is 2.79. The van der Waals surface area contributed by atoms with Crippen molar-refractivity contribution < 1.29 is 4.74 Å². The third-order valence-electron chi connectivity index (χ3n) is 4.13. The number of nitrogens with one attached hydrogen (secondary N) is 1. The van der Waals surface area contributed by atoms with E-state index in [1.54, 1.807) is 12.4 Å². The second-order valence-electron chi connectivity index (χ2n) is 6.15. The summed E-state index contributed by atoms with van der Waals surface area (Å²) in [5, 5.41) is 4.39. The minimum atomic E-state index is 0.668. The first-order valence-corrected chi connectivity index (χ1v) is 9.00. The number of aromatic nitrogens is 3. The van der Waals surface area contributed by atoms with Crippen LogP contribution in [-0.4, -0.2) is 21.6 Å². The van der Waals surface area contributed by atoms with E-state index < -0.39 is 0 Å². The number of rotatable bonds is 6. The molecule has 5 nitrogen and oxygen atoms in total. The van der Waals surface area contributed by atoms with Gasteiger partial charge in [-0.25, -0.2) is 9.97 Å². The summed E-state index contributed by atoms with van der Waals surface area (Å²) in [7, 11) is 0. The van der Waals surface area contributed by atoms with Crippen molar-refractivity contribution in [3.05, 3.63) is 73.1 Å². The molecular weight excluding hydrogens is 336 g/mol. The molecule has 2 heterocycles. The van der Waals surface area contributed by atoms with Gasteiger partial charge in [0.15, 0.2) is 5.82 Å². The molecule has 0 unspecified atom stereocenters. The summed E-state index contributed by atoms with van der Waals surface area (Å²) in [6.07, 6.45) is 4.48. The number of hydrogen-bond acceptors (Lipinski definition) is 5. The average molecular weight is 356 g/mol. The van der Waals surface area contributed by atoms with Crippen molar-refractivity contribution in [2.75, 3.05) is 11.9 Å². The monoisotopic (exact) mass is 356 g/mol. The highest BCUT2D eigenvalue weighted by molar-refractivity contribution is 5.92. The van der Waals surface area contributed by atoms with E-state index in [9.17, 15) is 0 Å². The number of ether oxygens (including phenoxy) is 1. The summed E-state index contributed by atoms with van der Waals surface area (Å²) in [5.41, 5.74) is 2.77. The molecule has 0 radical (unpaired) electrons. The van der Waals surface area contributed by atoms with E-state index in [-0.39, 0.29) is 0 Å². The van der Waals surface area contributed by atoms with Gasteiger partial charge in [-0.15, -0.1) is 0 Å². The highest BCUT2D eigenvalue weighted by Crippen LogP contribution is 2.27. The second-order valence-corrected chi connectivity index (χ2v) is 6.15. The first-order valence-electron chi connectivity index (χ1n) is 9.00. The molecule has 0 saturated carbocycles. The van der Waals surface area contributed by atoms with Crippen molar-refractivity contribution in [3.8, 4) is 17.1 Å². The highest BCUT2D eigenvalue weighted by Gasteiger charge is 2.09. The van der Waals surface area contributed by atoms with Crippen LogP contribution in [0.4, 0.5) is 11.5 Å². The average Bonchev–Trinajstić information content (AvgIpc) is 2.74. The molecule has 0 aliphatic rings. The molecule has 2 aromatic carbocycles. The lowest BCUT2D eigenvalue weighted by atomic mass is 10.2. The predicted molar refractivity (Wildman–Crippen MR) is 108 cm³/mol. The Morgan fingerprint density at radius 3 is 2.44 bits per heavy atom. The summed E-state index contributed by atoms with van der Waals surface area (Å²) in [5.74, 6) is 2.31. The highest BCUT2D eigenvalue weighted by atomic mass is 16.5. The molecule has 0 bridgehead atoms. The first kappa shape index (κ1) is 17.0. The Kier molecular flexibility index (Phi) is 4.92. The van der Waals surface area contributed by atoms with Gasteiger partial charge in [0.2, 0.25) is 0 Å². The van der Waals surface area contributed by atoms with Gasteiger partial charge in [-0.3, -0.25) is 4.98 Å². The molecule has 0 aliphatic carbocycles. The lowest BCUT2D eigenvalue weighted by Crippen LogP contribution is -2.00. The third-order valence-corrected chi connectivity index (χ3v) is 4.13. The van der Waals surface area contributed by atoms with E-state index in [0.717, 1.165) is 46.7 Å². The van der Waals surface area contributed by atoms with Crippen LogP contribution < -0.4 is 10.1 Å². The van der Waals surface area contributed by atoms with E-state index in [2.05, 4.69) is 17.2 Å². The number of para-hydroxylation sites is 1. The maximum absolute atomic E-state index is 5.65. The van der Waals surface area contributed by atoms with Crippen molar-refractivity contribution in [3.63, 3.8) is 0 Å². The lowest BCUT2D eigenvalue weighted by molar-refractivity contribution is 0.317. The van der Waals surface area contributed by atoms with Gasteiger partial charge in [-0.1, -0.05) is 19.1 Å². The summed E-state index contributed by atoms with van der Waals surface area (Å²) in [6.45, 7) is 2.81. The number of nitrogens with zero attached hydrogens (tertiary/aromatic N) is 3. The Hall–Kier alpha value is -3.47. The Morgan fingerprint density at radius 1 is 0.889 bits per heavy atom. The van der Waals surface area contributed by atoms with E-state index in [1.807, 2.05) is 60.7 Å². The number of fused-ring (bicyclic) bond motifs is 1. The smallest absolute Gasteiger partial charge is 0.162 e. The number of pyridine rings is 1. The van der Waals surface area contributed by atoms with Gasteiger partial charge in [-0.2, -0.15) is 0 Å². The first-order chi connectivity index (χ1) is 13.3. The fraction of sp³-hybridized carbons (Fsp3) is 0.136. The zero-order valence-corrected chi connectivity index (χ0v) is 15.1. The zero-order chi connectivity index (χ0) is 18.5. The van der Waals surface area contributed by atoms with Gasteiger partial charge in [0, 0.05) is 29.0 Å². The molecule has 27 heavy (non-hydrogen) atoms. The molecule has 0 atom stereocenters. The summed E-state index contributed by atoms with van der Waals surface area (Å²) >= 11 is 0. The standard InChI is InChI=1S/C22H20N4O/c1-2-15-27-18-9-7-17(8-10-18)24-22-19-5-3-4-6-20(19)25-21(26-22)16-11-13-23-14-12-16/h3-14H,2,15H2,1H3,(H,24,25,26). The van der Waals surface area contributed by atoms with Crippen LogP contribution in [0.15, 0.2) is 73.1 Å². The van der Waals surface area contributed by atoms with E-state index in [4.69, 9.17) is 14.7 Å². The Balaban J connectivity index is 1.70. The van der Waals surface area contributed by atoms with Gasteiger partial charge < -0.3 is 10.1 Å². The predicted octanol–water partition coefficient (Wildman–Crippen LogP) is 5.22. The Bertz CT molecular complexity index is 1030. The quantitative estimate of drug-likeness (QED) is 0.513. The van der Waals surface area contributed by atoms with Crippen molar-refractivity contribution in [2.24, 2.45) is 0 Å². The van der Waals surface area contributed by atoms with E-state index in [1.165, 1.54) is 0 Å². The molecule has 5 heteroatoms. The van der Waals surface area contributed by atoms with E-state index in [0.29, 0.717) is 5.82 Å². The van der Waals surface area contributed by atoms with Gasteiger partial charge in [0.1, 0.15) is 11.6 Å². The molecule has 2 aromatic heterocycles. The largest absolute Gasteiger partial charge is 0.494 e. The maximum Gasteiger partial charge on any atom is 0.162 e. The lowest BCUT2D eigenvalue weighted by Gasteiger charge is -2.12. The summed E-state index contributed by atoms with van der Waals surface area (Å²) < 4.78 is 5.65. The molecule has 0 amide bonds. The molecule has 0 fully saturated rings. The number of hydrogen-bond donors (Lipinski definition) is 1. The van der Waals surface area contributed by atoms with Crippen molar-refractivity contribution in [1.82, 2.24) is 15.0 Å². The summed E-state index contributed by atoms with van der Waals surface area (Å²) in [6, 6.07) is 19.7. The van der Waals surface area contributed by atoms with E-state index >= 15 is 0 Å². The normalized spacial score (nSPS) is 10.7. The molecule has 0 saturated heterocycles. The van der Waals surface area contributed by atoms with Crippen molar-refractivity contribution in [2.45, 2.75) is 13.3 Å². The summed E-state index contributed by atoms with van der Waals surface area (Å²) in [4.78, 5) is 13.5. The third kappa shape index (κ3) is 3.87. The number of benzene rings is 2. The molecule has 0 spiro atoms. The van der Waals surface area contributed by atoms with Gasteiger partial charge in [-0.05, 0) is 55.0 Å².